The Kier molecular flexibility index (Phi) is 3.06. The van der Waals surface area contributed by atoms with E-state index in [9.17, 15) is 14.4 Å². The van der Waals surface area contributed by atoms with Crippen LogP contribution in [-0.4, -0.2) is 40.4 Å². The van der Waals surface area contributed by atoms with Gasteiger partial charge in [0.2, 0.25) is 11.8 Å². The summed E-state index contributed by atoms with van der Waals surface area (Å²) >= 11 is 0. The second-order valence-corrected chi connectivity index (χ2v) is 3.19. The number of hydrogen-bond acceptors (Lipinski definition) is 3. The predicted molar refractivity (Wildman–Crippen MR) is 46.2 cm³/mol. The minimum absolute atomic E-state index is 0.0703. The van der Waals surface area contributed by atoms with Crippen LogP contribution in [0.4, 0.5) is 0 Å². The van der Waals surface area contributed by atoms with E-state index in [2.05, 4.69) is 0 Å². The number of carboxylic acids is 1. The summed E-state index contributed by atoms with van der Waals surface area (Å²) in [6.07, 6.45) is 0.300. The van der Waals surface area contributed by atoms with Crippen LogP contribution >= 0.6 is 0 Å². The Morgan fingerprint density at radius 1 is 1.36 bits per heavy atom. The van der Waals surface area contributed by atoms with Gasteiger partial charge in [0.05, 0.1) is 6.42 Å². The Bertz CT molecular complexity index is 277. The quantitative estimate of drug-likeness (QED) is 0.603. The minimum Gasteiger partial charge on any atom is -0.481 e. The van der Waals surface area contributed by atoms with Gasteiger partial charge in [-0.1, -0.05) is 0 Å². The molecule has 6 nitrogen and oxygen atoms in total. The molecule has 0 bridgehead atoms. The van der Waals surface area contributed by atoms with Gasteiger partial charge in [0.1, 0.15) is 6.04 Å². The molecule has 3 N–H and O–H groups in total. The summed E-state index contributed by atoms with van der Waals surface area (Å²) in [4.78, 5) is 33.6. The van der Waals surface area contributed by atoms with Crippen molar-refractivity contribution in [2.24, 2.45) is 5.73 Å². The van der Waals surface area contributed by atoms with Crippen molar-refractivity contribution >= 4 is 17.8 Å². The van der Waals surface area contributed by atoms with Gasteiger partial charge < -0.3 is 15.7 Å². The zero-order valence-corrected chi connectivity index (χ0v) is 7.60. The highest BCUT2D eigenvalue weighted by atomic mass is 16.4. The lowest BCUT2D eigenvalue weighted by molar-refractivity contribution is -0.148. The van der Waals surface area contributed by atoms with E-state index in [1.54, 1.807) is 0 Å². The van der Waals surface area contributed by atoms with Crippen LogP contribution in [0.5, 0.6) is 0 Å². The molecular weight excluding hydrogens is 188 g/mol. The lowest BCUT2D eigenvalue weighted by Crippen LogP contribution is -2.57. The van der Waals surface area contributed by atoms with Crippen molar-refractivity contribution in [2.75, 3.05) is 6.54 Å². The highest BCUT2D eigenvalue weighted by Gasteiger charge is 2.35. The Morgan fingerprint density at radius 3 is 2.36 bits per heavy atom. The van der Waals surface area contributed by atoms with Gasteiger partial charge >= 0.3 is 5.97 Å². The number of carbonyl (C=O) groups excluding carboxylic acids is 2. The Hall–Kier alpha value is -1.59. The monoisotopic (exact) mass is 200 g/mol. The molecule has 1 rings (SSSR count). The molecule has 0 saturated carbocycles. The van der Waals surface area contributed by atoms with E-state index in [-0.39, 0.29) is 18.7 Å². The van der Waals surface area contributed by atoms with E-state index >= 15 is 0 Å². The molecule has 1 aliphatic rings. The Morgan fingerprint density at radius 2 is 2.00 bits per heavy atom. The van der Waals surface area contributed by atoms with Crippen molar-refractivity contribution in [1.82, 2.24) is 4.90 Å². The number of aliphatic carboxylic acids is 1. The lowest BCUT2D eigenvalue weighted by atomic mass is 10.0. The number of amides is 2. The van der Waals surface area contributed by atoms with E-state index in [0.29, 0.717) is 13.0 Å². The van der Waals surface area contributed by atoms with Gasteiger partial charge in [0, 0.05) is 13.0 Å². The molecule has 0 aromatic heterocycles. The molecule has 0 aromatic rings. The summed E-state index contributed by atoms with van der Waals surface area (Å²) in [6, 6.07) is -0.531. The molecular formula is C8H12N2O4. The molecule has 1 aliphatic heterocycles. The van der Waals surface area contributed by atoms with Gasteiger partial charge in [-0.2, -0.15) is 0 Å². The largest absolute Gasteiger partial charge is 0.481 e. The first-order valence-corrected chi connectivity index (χ1v) is 4.33. The third-order valence-corrected chi connectivity index (χ3v) is 2.22. The van der Waals surface area contributed by atoms with E-state index in [0.717, 1.165) is 0 Å². The van der Waals surface area contributed by atoms with Crippen LogP contribution < -0.4 is 5.73 Å². The van der Waals surface area contributed by atoms with Crippen molar-refractivity contribution in [3.8, 4) is 0 Å². The van der Waals surface area contributed by atoms with E-state index in [1.807, 2.05) is 0 Å². The summed E-state index contributed by atoms with van der Waals surface area (Å²) < 4.78 is 0. The van der Waals surface area contributed by atoms with Crippen LogP contribution in [0.2, 0.25) is 0 Å². The summed E-state index contributed by atoms with van der Waals surface area (Å²) in [5, 5.41) is 8.35. The van der Waals surface area contributed by atoms with Gasteiger partial charge in [0.25, 0.3) is 0 Å². The van der Waals surface area contributed by atoms with Crippen LogP contribution in [0.25, 0.3) is 0 Å². The van der Waals surface area contributed by atoms with Crippen molar-refractivity contribution in [3.05, 3.63) is 0 Å². The number of rotatable bonds is 4. The normalized spacial score (nSPS) is 20.0. The summed E-state index contributed by atoms with van der Waals surface area (Å²) in [6.45, 7) is 0.492. The lowest BCUT2D eigenvalue weighted by Gasteiger charge is -2.38. The van der Waals surface area contributed by atoms with Crippen molar-refractivity contribution in [3.63, 3.8) is 0 Å². The summed E-state index contributed by atoms with van der Waals surface area (Å²) in [5.41, 5.74) is 5.03. The number of nitrogens with two attached hydrogens (primary N) is 1. The SMILES string of the molecule is NC(=O)C1CCN1C(=O)CCC(=O)O. The smallest absolute Gasteiger partial charge is 0.303 e. The van der Waals surface area contributed by atoms with Gasteiger partial charge in [-0.15, -0.1) is 0 Å². The number of nitrogens with zero attached hydrogens (tertiary/aromatic N) is 1. The number of primary amides is 1. The fraction of sp³-hybridized carbons (Fsp3) is 0.625. The highest BCUT2D eigenvalue weighted by Crippen LogP contribution is 2.18. The van der Waals surface area contributed by atoms with E-state index in [1.165, 1.54) is 4.90 Å². The Balaban J connectivity index is 2.38. The second-order valence-electron chi connectivity index (χ2n) is 3.19. The minimum atomic E-state index is -1.02. The Labute approximate surface area is 80.7 Å². The van der Waals surface area contributed by atoms with Crippen LogP contribution in [-0.2, 0) is 14.4 Å². The van der Waals surface area contributed by atoms with Crippen LogP contribution in [0, 0.1) is 0 Å². The topological polar surface area (TPSA) is 101 Å². The number of carboxylic acid groups (broad SMARTS) is 1. The fourth-order valence-corrected chi connectivity index (χ4v) is 1.34. The molecule has 6 heteroatoms. The molecule has 1 unspecified atom stereocenters. The van der Waals surface area contributed by atoms with Gasteiger partial charge in [-0.05, 0) is 6.42 Å². The first-order valence-electron chi connectivity index (χ1n) is 4.33. The molecule has 0 spiro atoms. The molecule has 1 fully saturated rings. The average molecular weight is 200 g/mol. The van der Waals surface area contributed by atoms with Gasteiger partial charge in [-0.25, -0.2) is 0 Å². The standard InChI is InChI=1S/C8H12N2O4/c9-8(14)5-3-4-10(5)6(11)1-2-7(12)13/h5H,1-4H2,(H2,9,14)(H,12,13). The first-order chi connectivity index (χ1) is 6.52. The maximum Gasteiger partial charge on any atom is 0.303 e. The second kappa shape index (κ2) is 4.08. The van der Waals surface area contributed by atoms with Crippen LogP contribution in [0.3, 0.4) is 0 Å². The predicted octanol–water partition coefficient (Wildman–Crippen LogP) is -1.06. The first kappa shape index (κ1) is 10.5. The molecule has 1 heterocycles. The zero-order chi connectivity index (χ0) is 10.7. The fourth-order valence-electron chi connectivity index (χ4n) is 1.34. The van der Waals surface area contributed by atoms with E-state index in [4.69, 9.17) is 10.8 Å². The van der Waals surface area contributed by atoms with Gasteiger partial charge in [-0.3, -0.25) is 14.4 Å². The van der Waals surface area contributed by atoms with Crippen molar-refractivity contribution < 1.29 is 19.5 Å². The van der Waals surface area contributed by atoms with E-state index < -0.39 is 17.9 Å². The number of likely N-dealkylation sites (tertiary alicyclic amines) is 1. The molecule has 78 valence electrons. The molecule has 2 amide bonds. The maximum atomic E-state index is 11.3. The molecule has 1 atom stereocenters. The maximum absolute atomic E-state index is 11.3. The van der Waals surface area contributed by atoms with Crippen molar-refractivity contribution in [2.45, 2.75) is 25.3 Å². The van der Waals surface area contributed by atoms with Crippen LogP contribution in [0.15, 0.2) is 0 Å². The van der Waals surface area contributed by atoms with Crippen LogP contribution in [0.1, 0.15) is 19.3 Å². The molecule has 1 saturated heterocycles. The molecule has 0 aliphatic carbocycles. The molecule has 0 aromatic carbocycles. The summed E-state index contributed by atoms with van der Waals surface area (Å²) in [7, 11) is 0. The molecule has 0 radical (unpaired) electrons. The number of hydrogen-bond donors (Lipinski definition) is 2. The van der Waals surface area contributed by atoms with Crippen molar-refractivity contribution in [1.29, 1.82) is 0 Å². The summed E-state index contributed by atoms with van der Waals surface area (Å²) in [5.74, 6) is -1.86. The van der Waals surface area contributed by atoms with Gasteiger partial charge in [0.15, 0.2) is 0 Å². The third kappa shape index (κ3) is 2.21. The highest BCUT2D eigenvalue weighted by molar-refractivity contribution is 5.89. The zero-order valence-electron chi connectivity index (χ0n) is 7.60. The molecule has 14 heavy (non-hydrogen) atoms. The average Bonchev–Trinajstić information content (AvgIpc) is 1.97. The third-order valence-electron chi connectivity index (χ3n) is 2.22. The number of carbonyl (C=O) groups is 3.